The van der Waals surface area contributed by atoms with Gasteiger partial charge in [0.15, 0.2) is 22.8 Å². The van der Waals surface area contributed by atoms with Gasteiger partial charge in [-0.2, -0.15) is 0 Å². The number of carbonyl (C=O) groups excluding carboxylic acids is 3. The summed E-state index contributed by atoms with van der Waals surface area (Å²) in [5, 5.41) is 0. The zero-order valence-corrected chi connectivity index (χ0v) is 27.3. The monoisotopic (exact) mass is 570 g/mol. The van der Waals surface area contributed by atoms with Gasteiger partial charge in [-0.3, -0.25) is 14.4 Å². The van der Waals surface area contributed by atoms with Gasteiger partial charge >= 0.3 is 0 Å². The maximum Gasteiger partial charge on any atom is 0.184 e. The highest BCUT2D eigenvalue weighted by Gasteiger charge is 2.77. The van der Waals surface area contributed by atoms with Gasteiger partial charge in [0.25, 0.3) is 0 Å². The Balaban J connectivity index is 1.82. The summed E-state index contributed by atoms with van der Waals surface area (Å²) in [4.78, 5) is 45.5. The molecule has 3 aliphatic carbocycles. The van der Waals surface area contributed by atoms with E-state index in [-0.39, 0.29) is 34.6 Å². The van der Waals surface area contributed by atoms with E-state index in [9.17, 15) is 4.79 Å². The third-order valence-electron chi connectivity index (χ3n) is 11.4. The number of hydrogen-bond donors (Lipinski definition) is 0. The lowest BCUT2D eigenvalue weighted by Crippen LogP contribution is -2.72. The quantitative estimate of drug-likeness (QED) is 0.194. The fourth-order valence-corrected chi connectivity index (χ4v) is 9.06. The first-order valence-corrected chi connectivity index (χ1v) is 15.9. The Morgan fingerprint density at radius 1 is 0.929 bits per heavy atom. The van der Waals surface area contributed by atoms with Crippen LogP contribution in [0.1, 0.15) is 118 Å². The number of ketones is 3. The summed E-state index contributed by atoms with van der Waals surface area (Å²) < 4.78 is 7.13. The highest BCUT2D eigenvalue weighted by Crippen LogP contribution is 2.70. The molecule has 1 aromatic rings. The summed E-state index contributed by atoms with van der Waals surface area (Å²) in [6.07, 6.45) is 9.52. The van der Waals surface area contributed by atoms with Crippen molar-refractivity contribution in [2.75, 3.05) is 0 Å². The second-order valence-corrected chi connectivity index (χ2v) is 15.8. The van der Waals surface area contributed by atoms with Crippen LogP contribution in [-0.4, -0.2) is 23.0 Å². The van der Waals surface area contributed by atoms with Crippen LogP contribution in [0.15, 0.2) is 65.0 Å². The minimum Gasteiger partial charge on any atom is -0.490 e. The van der Waals surface area contributed by atoms with Gasteiger partial charge in [-0.15, -0.1) is 0 Å². The standard InChI is InChI=1S/C38H50O4/c1-24(2)15-17-27-21-37-22-28-19-20-34(5,6)23-36(28,9)42-32(37)29(18-16-25(3)4)31(40)38(33(37)41,35(27,7)8)30(39)26-13-11-10-12-14-26/h10-16,27-28H,17-23H2,1-9H3/t27-,28-,36+,37-,38-/m0/s1. The highest BCUT2D eigenvalue weighted by molar-refractivity contribution is 6.36. The van der Waals surface area contributed by atoms with Crippen LogP contribution in [0.5, 0.6) is 0 Å². The molecule has 1 spiro atoms. The lowest BCUT2D eigenvalue weighted by Gasteiger charge is -2.65. The summed E-state index contributed by atoms with van der Waals surface area (Å²) in [6.45, 7) is 19.0. The molecule has 1 heterocycles. The molecule has 226 valence electrons. The summed E-state index contributed by atoms with van der Waals surface area (Å²) in [7, 11) is 0. The third kappa shape index (κ3) is 4.42. The van der Waals surface area contributed by atoms with Gasteiger partial charge in [0, 0.05) is 11.1 Å². The van der Waals surface area contributed by atoms with Crippen molar-refractivity contribution in [3.8, 4) is 0 Å². The molecule has 2 saturated carbocycles. The number of carbonyl (C=O) groups is 3. The average Bonchev–Trinajstić information content (AvgIpc) is 2.89. The highest BCUT2D eigenvalue weighted by atomic mass is 16.5. The zero-order chi connectivity index (χ0) is 30.9. The van der Waals surface area contributed by atoms with E-state index in [0.717, 1.165) is 24.8 Å². The first kappa shape index (κ1) is 30.7. The lowest BCUT2D eigenvalue weighted by molar-refractivity contribution is -0.195. The SMILES string of the molecule is CC(C)=CCC1=C2O[C@]3(C)CC(C)(C)CC[C@H]3C[C@@]23C[C@H](CC=C(C)C)C(C)(C)[C@@](C(=O)c2ccccc2)(C1=O)C3=O. The Hall–Kier alpha value is -2.75. The van der Waals surface area contributed by atoms with E-state index in [1.807, 2.05) is 45.9 Å². The van der Waals surface area contributed by atoms with Crippen molar-refractivity contribution < 1.29 is 19.1 Å². The largest absolute Gasteiger partial charge is 0.490 e. The second-order valence-electron chi connectivity index (χ2n) is 15.8. The van der Waals surface area contributed by atoms with Crippen molar-refractivity contribution in [3.63, 3.8) is 0 Å². The van der Waals surface area contributed by atoms with Crippen molar-refractivity contribution in [1.29, 1.82) is 0 Å². The molecule has 0 unspecified atom stereocenters. The summed E-state index contributed by atoms with van der Waals surface area (Å²) in [6, 6.07) is 9.01. The van der Waals surface area contributed by atoms with E-state index < -0.39 is 21.8 Å². The number of fused-ring (bicyclic) bond motifs is 2. The summed E-state index contributed by atoms with van der Waals surface area (Å²) in [5.74, 6) is -0.179. The molecule has 2 bridgehead atoms. The smallest absolute Gasteiger partial charge is 0.184 e. The predicted octanol–water partition coefficient (Wildman–Crippen LogP) is 9.01. The van der Waals surface area contributed by atoms with Crippen LogP contribution in [0.25, 0.3) is 0 Å². The van der Waals surface area contributed by atoms with E-state index in [2.05, 4.69) is 46.8 Å². The van der Waals surface area contributed by atoms with E-state index in [1.165, 1.54) is 5.57 Å². The molecule has 0 aromatic heterocycles. The van der Waals surface area contributed by atoms with Crippen molar-refractivity contribution in [2.24, 2.45) is 33.5 Å². The molecule has 4 nitrogen and oxygen atoms in total. The number of ether oxygens (including phenoxy) is 1. The molecule has 3 fully saturated rings. The van der Waals surface area contributed by atoms with Crippen LogP contribution in [0.2, 0.25) is 0 Å². The minimum absolute atomic E-state index is 0.0466. The molecule has 5 rings (SSSR count). The van der Waals surface area contributed by atoms with Gasteiger partial charge in [0.2, 0.25) is 0 Å². The minimum atomic E-state index is -1.80. The second kappa shape index (κ2) is 10.2. The molecule has 1 aliphatic heterocycles. The van der Waals surface area contributed by atoms with Crippen molar-refractivity contribution >= 4 is 17.3 Å². The first-order chi connectivity index (χ1) is 19.5. The Labute approximate surface area is 253 Å². The average molecular weight is 571 g/mol. The van der Waals surface area contributed by atoms with Gasteiger partial charge in [-0.25, -0.2) is 0 Å². The maximum atomic E-state index is 15.4. The zero-order valence-electron chi connectivity index (χ0n) is 27.3. The van der Waals surface area contributed by atoms with Crippen LogP contribution < -0.4 is 0 Å². The Morgan fingerprint density at radius 2 is 1.57 bits per heavy atom. The number of hydrogen-bond acceptors (Lipinski definition) is 4. The van der Waals surface area contributed by atoms with Crippen molar-refractivity contribution in [3.05, 3.63) is 70.5 Å². The van der Waals surface area contributed by atoms with Crippen LogP contribution in [0.4, 0.5) is 0 Å². The van der Waals surface area contributed by atoms with Gasteiger partial charge in [-0.1, -0.05) is 81.3 Å². The van der Waals surface area contributed by atoms with Crippen LogP contribution in [0, 0.1) is 33.5 Å². The Bertz CT molecular complexity index is 1400. The fourth-order valence-electron chi connectivity index (χ4n) is 9.06. The Kier molecular flexibility index (Phi) is 7.43. The molecule has 1 aromatic carbocycles. The van der Waals surface area contributed by atoms with Crippen LogP contribution in [-0.2, 0) is 14.3 Å². The third-order valence-corrected chi connectivity index (χ3v) is 11.4. The molecule has 0 radical (unpaired) electrons. The molecule has 0 N–H and O–H groups in total. The van der Waals surface area contributed by atoms with E-state index in [4.69, 9.17) is 4.74 Å². The van der Waals surface area contributed by atoms with Gasteiger partial charge in [0.05, 0.1) is 5.41 Å². The van der Waals surface area contributed by atoms with Gasteiger partial charge in [-0.05, 0) is 102 Å². The number of allylic oxidation sites excluding steroid dienone is 6. The summed E-state index contributed by atoms with van der Waals surface area (Å²) in [5.41, 5.74) is -0.749. The molecular formula is C38H50O4. The predicted molar refractivity (Wildman–Crippen MR) is 168 cm³/mol. The molecule has 0 amide bonds. The van der Waals surface area contributed by atoms with Gasteiger partial charge in [0.1, 0.15) is 11.4 Å². The van der Waals surface area contributed by atoms with Gasteiger partial charge < -0.3 is 4.74 Å². The van der Waals surface area contributed by atoms with Crippen molar-refractivity contribution in [2.45, 2.75) is 113 Å². The normalized spacial score (nSPS) is 34.5. The van der Waals surface area contributed by atoms with E-state index in [1.54, 1.807) is 12.1 Å². The van der Waals surface area contributed by atoms with E-state index in [0.29, 0.717) is 42.6 Å². The number of rotatable bonds is 6. The molecular weight excluding hydrogens is 520 g/mol. The van der Waals surface area contributed by atoms with Crippen LogP contribution >= 0.6 is 0 Å². The number of benzene rings is 1. The van der Waals surface area contributed by atoms with Crippen LogP contribution in [0.3, 0.4) is 0 Å². The van der Waals surface area contributed by atoms with Crippen molar-refractivity contribution in [1.82, 2.24) is 0 Å². The molecule has 5 atom stereocenters. The maximum absolute atomic E-state index is 15.4. The molecule has 4 heteroatoms. The molecule has 42 heavy (non-hydrogen) atoms. The Morgan fingerprint density at radius 3 is 2.19 bits per heavy atom. The lowest BCUT2D eigenvalue weighted by atomic mass is 9.38. The van der Waals surface area contributed by atoms with E-state index >= 15 is 9.59 Å². The topological polar surface area (TPSA) is 60.4 Å². The summed E-state index contributed by atoms with van der Waals surface area (Å²) >= 11 is 0. The first-order valence-electron chi connectivity index (χ1n) is 15.9. The molecule has 4 aliphatic rings. The fraction of sp³-hybridized carbons (Fsp3) is 0.605. The molecule has 1 saturated heterocycles. The number of Topliss-reactive ketones (excluding diaryl/α,β-unsaturated/α-hetero) is 3.